The first-order valence-corrected chi connectivity index (χ1v) is 6.55. The number of fused-ring (bicyclic) bond motifs is 1. The van der Waals surface area contributed by atoms with Gasteiger partial charge >= 0.3 is 6.01 Å². The molecule has 3 rings (SSSR count). The van der Waals surface area contributed by atoms with Crippen molar-refractivity contribution in [3.8, 4) is 6.01 Å². The summed E-state index contributed by atoms with van der Waals surface area (Å²) >= 11 is 0. The van der Waals surface area contributed by atoms with E-state index in [1.165, 1.54) is 6.42 Å². The number of hydrogen-bond acceptors (Lipinski definition) is 4. The third kappa shape index (κ3) is 2.52. The zero-order valence-electron chi connectivity index (χ0n) is 10.7. The molecule has 6 heteroatoms. The lowest BCUT2D eigenvalue weighted by Crippen LogP contribution is -2.38. The fraction of sp³-hybridized carbons (Fsp3) is 0.462. The summed E-state index contributed by atoms with van der Waals surface area (Å²) in [5.41, 5.74) is 0.711. The number of rotatable bonds is 3. The van der Waals surface area contributed by atoms with Gasteiger partial charge in [0.1, 0.15) is 0 Å². The van der Waals surface area contributed by atoms with E-state index in [-0.39, 0.29) is 12.5 Å². The fourth-order valence-electron chi connectivity index (χ4n) is 2.28. The van der Waals surface area contributed by atoms with Crippen LogP contribution in [0.3, 0.4) is 0 Å². The summed E-state index contributed by atoms with van der Waals surface area (Å²) in [4.78, 5) is 13.8. The van der Waals surface area contributed by atoms with Crippen LogP contribution in [0.1, 0.15) is 19.3 Å². The highest BCUT2D eigenvalue weighted by Gasteiger charge is 2.17. The van der Waals surface area contributed by atoms with Crippen molar-refractivity contribution in [3.05, 3.63) is 24.4 Å². The van der Waals surface area contributed by atoms with Gasteiger partial charge in [0.15, 0.2) is 12.3 Å². The molecule has 1 aliphatic rings. The van der Waals surface area contributed by atoms with E-state index in [4.69, 9.17) is 4.74 Å². The van der Waals surface area contributed by atoms with Crippen molar-refractivity contribution in [1.82, 2.24) is 19.5 Å². The van der Waals surface area contributed by atoms with Gasteiger partial charge in [0, 0.05) is 19.3 Å². The average molecular weight is 260 g/mol. The number of ether oxygens (including phenoxy) is 1. The molecule has 0 N–H and O–H groups in total. The number of likely N-dealkylation sites (tertiary alicyclic amines) is 1. The topological polar surface area (TPSA) is 59.7 Å². The van der Waals surface area contributed by atoms with Gasteiger partial charge in [0.05, 0.1) is 0 Å². The molecule has 0 saturated carbocycles. The van der Waals surface area contributed by atoms with Gasteiger partial charge in [-0.1, -0.05) is 11.2 Å². The average Bonchev–Trinajstić information content (AvgIpc) is 2.89. The number of hydrogen-bond donors (Lipinski definition) is 0. The molecule has 0 bridgehead atoms. The smallest absolute Gasteiger partial charge is 0.322 e. The van der Waals surface area contributed by atoms with Crippen LogP contribution in [0.15, 0.2) is 24.4 Å². The van der Waals surface area contributed by atoms with Crippen LogP contribution >= 0.6 is 0 Å². The van der Waals surface area contributed by atoms with E-state index in [9.17, 15) is 4.79 Å². The molecule has 0 atom stereocenters. The SMILES string of the molecule is O=C(COc1nnc2ccccn12)N1CCCCC1. The molecule has 0 radical (unpaired) electrons. The molecule has 0 aliphatic carbocycles. The third-order valence-electron chi connectivity index (χ3n) is 3.32. The van der Waals surface area contributed by atoms with Crippen molar-refractivity contribution < 1.29 is 9.53 Å². The Labute approximate surface area is 111 Å². The van der Waals surface area contributed by atoms with Gasteiger partial charge in [-0.05, 0) is 31.4 Å². The first-order chi connectivity index (χ1) is 9.34. The minimum atomic E-state index is 0.0207. The Balaban J connectivity index is 1.64. The number of aromatic nitrogens is 3. The molecule has 1 fully saturated rings. The number of amides is 1. The van der Waals surface area contributed by atoms with Crippen molar-refractivity contribution in [2.24, 2.45) is 0 Å². The second kappa shape index (κ2) is 5.26. The standard InChI is InChI=1S/C13H16N4O2/c18-12(16-7-3-1-4-8-16)10-19-13-15-14-11-6-2-5-9-17(11)13/h2,5-6,9H,1,3-4,7-8,10H2. The van der Waals surface area contributed by atoms with Crippen molar-refractivity contribution in [2.75, 3.05) is 19.7 Å². The molecule has 100 valence electrons. The van der Waals surface area contributed by atoms with Crippen LogP contribution < -0.4 is 4.74 Å². The Hall–Kier alpha value is -2.11. The molecule has 0 aromatic carbocycles. The zero-order valence-corrected chi connectivity index (χ0v) is 10.7. The maximum atomic E-state index is 12.0. The maximum Gasteiger partial charge on any atom is 0.322 e. The highest BCUT2D eigenvalue weighted by atomic mass is 16.5. The van der Waals surface area contributed by atoms with Crippen LogP contribution in [-0.4, -0.2) is 45.1 Å². The molecule has 6 nitrogen and oxygen atoms in total. The minimum Gasteiger partial charge on any atom is -0.453 e. The largest absolute Gasteiger partial charge is 0.453 e. The quantitative estimate of drug-likeness (QED) is 0.829. The number of carbonyl (C=O) groups is 1. The molecule has 0 unspecified atom stereocenters. The number of pyridine rings is 1. The summed E-state index contributed by atoms with van der Waals surface area (Å²) < 4.78 is 7.20. The van der Waals surface area contributed by atoms with E-state index >= 15 is 0 Å². The predicted octanol–water partition coefficient (Wildman–Crippen LogP) is 1.12. The molecule has 0 spiro atoms. The predicted molar refractivity (Wildman–Crippen MR) is 68.9 cm³/mol. The van der Waals surface area contributed by atoms with Gasteiger partial charge in [-0.3, -0.25) is 9.20 Å². The van der Waals surface area contributed by atoms with E-state index in [0.717, 1.165) is 25.9 Å². The van der Waals surface area contributed by atoms with E-state index < -0.39 is 0 Å². The van der Waals surface area contributed by atoms with Crippen molar-refractivity contribution in [3.63, 3.8) is 0 Å². The molecule has 1 saturated heterocycles. The lowest BCUT2D eigenvalue weighted by atomic mass is 10.1. The molecular formula is C13H16N4O2. The Morgan fingerprint density at radius 1 is 1.21 bits per heavy atom. The molecule has 2 aromatic rings. The summed E-state index contributed by atoms with van der Waals surface area (Å²) in [6.45, 7) is 1.70. The van der Waals surface area contributed by atoms with Crippen LogP contribution in [0.2, 0.25) is 0 Å². The summed E-state index contributed by atoms with van der Waals surface area (Å²) in [6.07, 6.45) is 5.19. The molecular weight excluding hydrogens is 244 g/mol. The van der Waals surface area contributed by atoms with Crippen LogP contribution in [0.5, 0.6) is 6.01 Å². The summed E-state index contributed by atoms with van der Waals surface area (Å²) in [6, 6.07) is 5.95. The summed E-state index contributed by atoms with van der Waals surface area (Å²) in [5, 5.41) is 7.90. The maximum absolute atomic E-state index is 12.0. The number of piperidine rings is 1. The summed E-state index contributed by atoms with van der Waals surface area (Å²) in [7, 11) is 0. The molecule has 1 aliphatic heterocycles. The van der Waals surface area contributed by atoms with Crippen LogP contribution in [0.4, 0.5) is 0 Å². The lowest BCUT2D eigenvalue weighted by Gasteiger charge is -2.26. The second-order valence-corrected chi connectivity index (χ2v) is 4.64. The van der Waals surface area contributed by atoms with Gasteiger partial charge in [0.2, 0.25) is 0 Å². The second-order valence-electron chi connectivity index (χ2n) is 4.64. The summed E-state index contributed by atoms with van der Waals surface area (Å²) in [5.74, 6) is 0.0207. The molecule has 1 amide bonds. The molecule has 2 aromatic heterocycles. The first kappa shape index (κ1) is 12.0. The monoisotopic (exact) mass is 260 g/mol. The van der Waals surface area contributed by atoms with E-state index in [1.54, 1.807) is 4.40 Å². The van der Waals surface area contributed by atoms with Gasteiger partial charge in [-0.2, -0.15) is 0 Å². The first-order valence-electron chi connectivity index (χ1n) is 6.55. The number of carbonyl (C=O) groups excluding carboxylic acids is 1. The highest BCUT2D eigenvalue weighted by molar-refractivity contribution is 5.77. The van der Waals surface area contributed by atoms with Gasteiger partial charge in [0.25, 0.3) is 5.91 Å². The minimum absolute atomic E-state index is 0.0207. The van der Waals surface area contributed by atoms with Gasteiger partial charge in [-0.25, -0.2) is 0 Å². The van der Waals surface area contributed by atoms with Crippen molar-refractivity contribution >= 4 is 11.6 Å². The zero-order chi connectivity index (χ0) is 13.1. The fourth-order valence-corrected chi connectivity index (χ4v) is 2.28. The van der Waals surface area contributed by atoms with Gasteiger partial charge in [-0.15, -0.1) is 5.10 Å². The van der Waals surface area contributed by atoms with Crippen molar-refractivity contribution in [2.45, 2.75) is 19.3 Å². The Morgan fingerprint density at radius 3 is 2.89 bits per heavy atom. The van der Waals surface area contributed by atoms with Crippen molar-refractivity contribution in [1.29, 1.82) is 0 Å². The highest BCUT2D eigenvalue weighted by Crippen LogP contribution is 2.11. The van der Waals surface area contributed by atoms with E-state index in [2.05, 4.69) is 10.2 Å². The normalized spacial score (nSPS) is 15.7. The molecule has 3 heterocycles. The van der Waals surface area contributed by atoms with Crippen LogP contribution in [0, 0.1) is 0 Å². The molecule has 19 heavy (non-hydrogen) atoms. The third-order valence-corrected chi connectivity index (χ3v) is 3.32. The Kier molecular flexibility index (Phi) is 3.31. The Bertz CT molecular complexity index is 575. The van der Waals surface area contributed by atoms with E-state index in [0.29, 0.717) is 11.7 Å². The Morgan fingerprint density at radius 2 is 2.05 bits per heavy atom. The van der Waals surface area contributed by atoms with E-state index in [1.807, 2.05) is 29.3 Å². The van der Waals surface area contributed by atoms with Crippen LogP contribution in [-0.2, 0) is 4.79 Å². The van der Waals surface area contributed by atoms with Crippen LogP contribution in [0.25, 0.3) is 5.65 Å². The lowest BCUT2D eigenvalue weighted by molar-refractivity contribution is -0.134. The number of nitrogens with zero attached hydrogens (tertiary/aromatic N) is 4. The van der Waals surface area contributed by atoms with Gasteiger partial charge < -0.3 is 9.64 Å².